The van der Waals surface area contributed by atoms with E-state index >= 15 is 0 Å². The third kappa shape index (κ3) is 5.65. The summed E-state index contributed by atoms with van der Waals surface area (Å²) in [7, 11) is 0. The van der Waals surface area contributed by atoms with Gasteiger partial charge in [-0.2, -0.15) is 0 Å². The van der Waals surface area contributed by atoms with Gasteiger partial charge in [-0.1, -0.05) is 18.1 Å². The average Bonchev–Trinajstić information content (AvgIpc) is 2.91. The fourth-order valence-corrected chi connectivity index (χ4v) is 2.64. The minimum absolute atomic E-state index is 0.243. The second-order valence-electron chi connectivity index (χ2n) is 6.00. The Morgan fingerprint density at radius 3 is 2.81 bits per heavy atom. The van der Waals surface area contributed by atoms with Crippen LogP contribution in [-0.2, 0) is 6.42 Å². The molecule has 0 unspecified atom stereocenters. The van der Waals surface area contributed by atoms with E-state index in [-0.39, 0.29) is 5.82 Å². The molecule has 6 heteroatoms. The molecule has 2 aromatic rings. The summed E-state index contributed by atoms with van der Waals surface area (Å²) < 4.78 is 24.6. The number of ether oxygens (including phenoxy) is 2. The Hall–Kier alpha value is -3.20. The lowest BCUT2D eigenvalue weighted by Crippen LogP contribution is -2.31. The first-order chi connectivity index (χ1) is 13.2. The van der Waals surface area contributed by atoms with Gasteiger partial charge in [-0.25, -0.2) is 4.39 Å². The van der Waals surface area contributed by atoms with Crippen molar-refractivity contribution in [3.8, 4) is 23.8 Å². The zero-order valence-corrected chi connectivity index (χ0v) is 15.0. The predicted octanol–water partition coefficient (Wildman–Crippen LogP) is 3.22. The van der Waals surface area contributed by atoms with Crippen molar-refractivity contribution in [2.45, 2.75) is 12.8 Å². The molecule has 1 heterocycles. The number of terminal acetylenes is 1. The summed E-state index contributed by atoms with van der Waals surface area (Å²) in [6, 6.07) is 12.2. The number of nitrogens with one attached hydrogen (secondary N) is 2. The minimum atomic E-state index is -0.243. The van der Waals surface area contributed by atoms with Crippen LogP contribution in [0.3, 0.4) is 0 Å². The molecule has 0 aliphatic carbocycles. The number of guanidine groups is 1. The van der Waals surface area contributed by atoms with E-state index in [2.05, 4.69) is 21.5 Å². The summed E-state index contributed by atoms with van der Waals surface area (Å²) in [6.07, 6.45) is 6.82. The van der Waals surface area contributed by atoms with Crippen LogP contribution in [0, 0.1) is 18.2 Å². The first kappa shape index (κ1) is 18.6. The Morgan fingerprint density at radius 1 is 1.15 bits per heavy atom. The maximum atomic E-state index is 13.3. The molecular formula is C21H22FN3O2. The second-order valence-corrected chi connectivity index (χ2v) is 6.00. The lowest BCUT2D eigenvalue weighted by molar-refractivity contribution is 0.297. The zero-order valence-electron chi connectivity index (χ0n) is 15.0. The van der Waals surface area contributed by atoms with Crippen molar-refractivity contribution in [3.05, 3.63) is 53.8 Å². The van der Waals surface area contributed by atoms with Crippen molar-refractivity contribution < 1.29 is 13.9 Å². The average molecular weight is 367 g/mol. The first-order valence-corrected chi connectivity index (χ1v) is 8.87. The summed E-state index contributed by atoms with van der Waals surface area (Å²) in [4.78, 5) is 4.52. The Kier molecular flexibility index (Phi) is 6.53. The fraction of sp³-hybridized carbons (Fsp3) is 0.286. The minimum Gasteiger partial charge on any atom is -0.490 e. The summed E-state index contributed by atoms with van der Waals surface area (Å²) in [5.74, 6) is 4.28. The van der Waals surface area contributed by atoms with Gasteiger partial charge in [0.1, 0.15) is 5.82 Å². The van der Waals surface area contributed by atoms with Crippen molar-refractivity contribution in [1.82, 2.24) is 5.32 Å². The van der Waals surface area contributed by atoms with Gasteiger partial charge in [0, 0.05) is 24.7 Å². The van der Waals surface area contributed by atoms with E-state index < -0.39 is 0 Å². The van der Waals surface area contributed by atoms with Crippen molar-refractivity contribution >= 4 is 11.6 Å². The molecule has 2 N–H and O–H groups in total. The smallest absolute Gasteiger partial charge is 0.196 e. The Morgan fingerprint density at radius 2 is 2.00 bits per heavy atom. The number of fused-ring (bicyclic) bond motifs is 1. The van der Waals surface area contributed by atoms with Gasteiger partial charge in [0.25, 0.3) is 0 Å². The SMILES string of the molecule is C#CCNC(=NCCc1cccc(F)c1)Nc1ccc2c(c1)OCCCO2. The number of hydrogen-bond acceptors (Lipinski definition) is 3. The second kappa shape index (κ2) is 9.48. The highest BCUT2D eigenvalue weighted by Crippen LogP contribution is 2.32. The van der Waals surface area contributed by atoms with Crippen LogP contribution in [0.15, 0.2) is 47.5 Å². The van der Waals surface area contributed by atoms with Crippen LogP contribution in [0.4, 0.5) is 10.1 Å². The van der Waals surface area contributed by atoms with Crippen LogP contribution < -0.4 is 20.1 Å². The van der Waals surface area contributed by atoms with Gasteiger partial charge in [0.05, 0.1) is 19.8 Å². The molecule has 0 saturated carbocycles. The predicted molar refractivity (Wildman–Crippen MR) is 105 cm³/mol. The van der Waals surface area contributed by atoms with Crippen LogP contribution in [0.1, 0.15) is 12.0 Å². The van der Waals surface area contributed by atoms with Gasteiger partial charge in [-0.05, 0) is 36.2 Å². The molecule has 3 rings (SSSR count). The maximum absolute atomic E-state index is 13.3. The topological polar surface area (TPSA) is 54.9 Å². The van der Waals surface area contributed by atoms with E-state index in [0.29, 0.717) is 44.4 Å². The number of benzene rings is 2. The normalized spacial score (nSPS) is 13.4. The van der Waals surface area contributed by atoms with Crippen molar-refractivity contribution in [3.63, 3.8) is 0 Å². The molecule has 5 nitrogen and oxygen atoms in total. The Labute approximate surface area is 158 Å². The summed E-state index contributed by atoms with van der Waals surface area (Å²) in [6.45, 7) is 2.11. The van der Waals surface area contributed by atoms with Crippen LogP contribution in [-0.4, -0.2) is 32.3 Å². The quantitative estimate of drug-likeness (QED) is 0.484. The van der Waals surface area contributed by atoms with Gasteiger partial charge >= 0.3 is 0 Å². The lowest BCUT2D eigenvalue weighted by Gasteiger charge is -2.13. The van der Waals surface area contributed by atoms with E-state index in [9.17, 15) is 4.39 Å². The van der Waals surface area contributed by atoms with E-state index in [0.717, 1.165) is 23.4 Å². The van der Waals surface area contributed by atoms with Crippen molar-refractivity contribution in [1.29, 1.82) is 0 Å². The number of hydrogen-bond donors (Lipinski definition) is 2. The zero-order chi connectivity index (χ0) is 18.9. The monoisotopic (exact) mass is 367 g/mol. The fourth-order valence-electron chi connectivity index (χ4n) is 2.64. The highest BCUT2D eigenvalue weighted by molar-refractivity contribution is 5.94. The van der Waals surface area contributed by atoms with Crippen LogP contribution >= 0.6 is 0 Å². The van der Waals surface area contributed by atoms with Gasteiger partial charge in [-0.15, -0.1) is 6.42 Å². The number of aliphatic imine (C=N–C) groups is 1. The first-order valence-electron chi connectivity index (χ1n) is 8.87. The molecule has 27 heavy (non-hydrogen) atoms. The molecule has 2 aromatic carbocycles. The molecule has 0 atom stereocenters. The Balaban J connectivity index is 1.67. The summed E-state index contributed by atoms with van der Waals surface area (Å²) in [5.41, 5.74) is 1.71. The molecule has 0 amide bonds. The van der Waals surface area contributed by atoms with E-state index in [1.54, 1.807) is 6.07 Å². The van der Waals surface area contributed by atoms with E-state index in [1.165, 1.54) is 12.1 Å². The van der Waals surface area contributed by atoms with Crippen molar-refractivity contribution in [2.75, 3.05) is 31.6 Å². The standard InChI is InChI=1S/C21H22FN3O2/c1-2-10-23-21(24-11-9-16-5-3-6-17(22)14-16)25-18-7-8-19-20(15-18)27-13-4-12-26-19/h1,3,5-8,14-15H,4,9-13H2,(H2,23,24,25). The van der Waals surface area contributed by atoms with Gasteiger partial charge in [-0.3, -0.25) is 4.99 Å². The lowest BCUT2D eigenvalue weighted by atomic mass is 10.1. The van der Waals surface area contributed by atoms with Crippen LogP contribution in [0.25, 0.3) is 0 Å². The maximum Gasteiger partial charge on any atom is 0.196 e. The molecule has 0 spiro atoms. The van der Waals surface area contributed by atoms with Gasteiger partial charge < -0.3 is 20.1 Å². The molecule has 1 aliphatic rings. The molecule has 1 aliphatic heterocycles. The summed E-state index contributed by atoms with van der Waals surface area (Å²) in [5, 5.41) is 6.28. The van der Waals surface area contributed by atoms with E-state index in [1.807, 2.05) is 24.3 Å². The number of nitrogens with zero attached hydrogens (tertiary/aromatic N) is 1. The van der Waals surface area contributed by atoms with Crippen LogP contribution in [0.2, 0.25) is 0 Å². The molecule has 0 aromatic heterocycles. The van der Waals surface area contributed by atoms with Gasteiger partial charge in [0.15, 0.2) is 17.5 Å². The molecular weight excluding hydrogens is 345 g/mol. The molecule has 0 bridgehead atoms. The van der Waals surface area contributed by atoms with Crippen molar-refractivity contribution in [2.24, 2.45) is 4.99 Å². The third-order valence-corrected chi connectivity index (χ3v) is 3.93. The third-order valence-electron chi connectivity index (χ3n) is 3.93. The molecule has 0 saturated heterocycles. The van der Waals surface area contributed by atoms with Crippen LogP contribution in [0.5, 0.6) is 11.5 Å². The number of halogens is 1. The molecule has 140 valence electrons. The summed E-state index contributed by atoms with van der Waals surface area (Å²) >= 11 is 0. The number of anilines is 1. The number of rotatable bonds is 5. The highest BCUT2D eigenvalue weighted by Gasteiger charge is 2.11. The molecule has 0 fully saturated rings. The van der Waals surface area contributed by atoms with Gasteiger partial charge in [0.2, 0.25) is 0 Å². The Bertz CT molecular complexity index is 846. The largest absolute Gasteiger partial charge is 0.490 e. The van der Waals surface area contributed by atoms with E-state index in [4.69, 9.17) is 15.9 Å². The highest BCUT2D eigenvalue weighted by atomic mass is 19.1. The molecule has 0 radical (unpaired) electrons.